The number of ether oxygens (including phenoxy) is 1. The van der Waals surface area contributed by atoms with Crippen molar-refractivity contribution in [2.75, 3.05) is 6.61 Å². The molecule has 0 bridgehead atoms. The summed E-state index contributed by atoms with van der Waals surface area (Å²) < 4.78 is 5.10. The maximum atomic E-state index is 11.4. The van der Waals surface area contributed by atoms with Crippen molar-refractivity contribution in [3.8, 4) is 0 Å². The van der Waals surface area contributed by atoms with Crippen molar-refractivity contribution >= 4 is 5.97 Å². The van der Waals surface area contributed by atoms with E-state index in [1.807, 2.05) is 0 Å². The largest absolute Gasteiger partial charge is 0.465 e. The van der Waals surface area contributed by atoms with Crippen LogP contribution < -0.4 is 0 Å². The van der Waals surface area contributed by atoms with Crippen molar-refractivity contribution in [3.63, 3.8) is 0 Å². The van der Waals surface area contributed by atoms with E-state index in [2.05, 4.69) is 26.0 Å². The highest BCUT2D eigenvalue weighted by atomic mass is 16.5. The molecule has 2 heteroatoms. The van der Waals surface area contributed by atoms with E-state index < -0.39 is 0 Å². The number of carbonyl (C=O) groups is 1. The first-order valence-corrected chi connectivity index (χ1v) is 4.55. The monoisotopic (exact) mass is 166 g/mol. The molecule has 1 heterocycles. The number of esters is 1. The van der Waals surface area contributed by atoms with Crippen LogP contribution in [0.3, 0.4) is 0 Å². The maximum absolute atomic E-state index is 11.4. The minimum absolute atomic E-state index is 0.00407. The number of allylic oxidation sites excluding steroid dienone is 2. The standard InChI is InChI=1S/C10H14O2/c1-6-3-4-8-7(2)5-12-10(11)9(6)8/h3-4,6-9H,5H2,1-2H3. The molecule has 0 N–H and O–H groups in total. The van der Waals surface area contributed by atoms with Crippen molar-refractivity contribution < 1.29 is 9.53 Å². The fourth-order valence-corrected chi connectivity index (χ4v) is 2.23. The Morgan fingerprint density at radius 1 is 1.42 bits per heavy atom. The fourth-order valence-electron chi connectivity index (χ4n) is 2.23. The second-order valence-electron chi connectivity index (χ2n) is 3.95. The van der Waals surface area contributed by atoms with Crippen LogP contribution >= 0.6 is 0 Å². The summed E-state index contributed by atoms with van der Waals surface area (Å²) in [6.45, 7) is 4.82. The van der Waals surface area contributed by atoms with Gasteiger partial charge in [0.15, 0.2) is 0 Å². The SMILES string of the molecule is CC1C=CC2C(C)COC(=O)C12. The Labute approximate surface area is 72.6 Å². The molecule has 4 unspecified atom stereocenters. The Morgan fingerprint density at radius 3 is 2.83 bits per heavy atom. The van der Waals surface area contributed by atoms with Crippen LogP contribution in [0.25, 0.3) is 0 Å². The predicted molar refractivity (Wildman–Crippen MR) is 45.4 cm³/mol. The van der Waals surface area contributed by atoms with E-state index in [4.69, 9.17) is 4.74 Å². The topological polar surface area (TPSA) is 26.3 Å². The van der Waals surface area contributed by atoms with Gasteiger partial charge in [-0.2, -0.15) is 0 Å². The van der Waals surface area contributed by atoms with Crippen LogP contribution in [0.2, 0.25) is 0 Å². The summed E-state index contributed by atoms with van der Waals surface area (Å²) in [5.41, 5.74) is 0. The summed E-state index contributed by atoms with van der Waals surface area (Å²) in [6.07, 6.45) is 4.32. The van der Waals surface area contributed by atoms with Crippen LogP contribution in [-0.4, -0.2) is 12.6 Å². The summed E-state index contributed by atoms with van der Waals surface area (Å²) in [5.74, 6) is 1.39. The number of hydrogen-bond donors (Lipinski definition) is 0. The Balaban J connectivity index is 2.23. The summed E-state index contributed by atoms with van der Waals surface area (Å²) in [4.78, 5) is 11.4. The van der Waals surface area contributed by atoms with Crippen LogP contribution in [0.15, 0.2) is 12.2 Å². The molecule has 2 rings (SSSR count). The number of cyclic esters (lactones) is 1. The number of hydrogen-bond acceptors (Lipinski definition) is 2. The lowest BCUT2D eigenvalue weighted by atomic mass is 9.80. The summed E-state index contributed by atoms with van der Waals surface area (Å²) in [6, 6.07) is 0. The molecule has 0 saturated carbocycles. The predicted octanol–water partition coefficient (Wildman–Crippen LogP) is 1.62. The third-order valence-electron chi connectivity index (χ3n) is 3.04. The lowest BCUT2D eigenvalue weighted by molar-refractivity contribution is -0.159. The van der Waals surface area contributed by atoms with Gasteiger partial charge in [0.1, 0.15) is 0 Å². The van der Waals surface area contributed by atoms with Gasteiger partial charge in [-0.15, -0.1) is 0 Å². The molecule has 0 aromatic rings. The first-order valence-electron chi connectivity index (χ1n) is 4.55. The molecule has 2 nitrogen and oxygen atoms in total. The van der Waals surface area contributed by atoms with Gasteiger partial charge < -0.3 is 4.74 Å². The lowest BCUT2D eigenvalue weighted by Gasteiger charge is -2.31. The quantitative estimate of drug-likeness (QED) is 0.404. The third kappa shape index (κ3) is 0.977. The van der Waals surface area contributed by atoms with Crippen LogP contribution in [0.1, 0.15) is 13.8 Å². The van der Waals surface area contributed by atoms with E-state index in [1.54, 1.807) is 0 Å². The van der Waals surface area contributed by atoms with E-state index in [0.29, 0.717) is 24.4 Å². The van der Waals surface area contributed by atoms with Crippen LogP contribution in [0.5, 0.6) is 0 Å². The van der Waals surface area contributed by atoms with Gasteiger partial charge in [0.05, 0.1) is 12.5 Å². The van der Waals surface area contributed by atoms with Gasteiger partial charge in [0, 0.05) is 0 Å². The second-order valence-corrected chi connectivity index (χ2v) is 3.95. The van der Waals surface area contributed by atoms with Gasteiger partial charge in [0.2, 0.25) is 0 Å². The molecule has 0 aromatic heterocycles. The van der Waals surface area contributed by atoms with Crippen LogP contribution in [0, 0.1) is 23.7 Å². The van der Waals surface area contributed by atoms with E-state index in [-0.39, 0.29) is 11.9 Å². The first kappa shape index (κ1) is 7.84. The first-order chi connectivity index (χ1) is 5.70. The highest BCUT2D eigenvalue weighted by Crippen LogP contribution is 2.39. The Bertz CT molecular complexity index is 232. The molecule has 0 spiro atoms. The fraction of sp³-hybridized carbons (Fsp3) is 0.700. The molecular formula is C10H14O2. The molecule has 4 atom stereocenters. The molecule has 66 valence electrons. The number of rotatable bonds is 0. The highest BCUT2D eigenvalue weighted by Gasteiger charge is 2.42. The van der Waals surface area contributed by atoms with E-state index in [9.17, 15) is 4.79 Å². The Morgan fingerprint density at radius 2 is 2.17 bits per heavy atom. The van der Waals surface area contributed by atoms with Gasteiger partial charge in [0.25, 0.3) is 0 Å². The maximum Gasteiger partial charge on any atom is 0.310 e. The zero-order chi connectivity index (χ0) is 8.72. The molecular weight excluding hydrogens is 152 g/mol. The van der Waals surface area contributed by atoms with E-state index >= 15 is 0 Å². The normalized spacial score (nSPS) is 45.7. The molecule has 1 fully saturated rings. The van der Waals surface area contributed by atoms with Crippen molar-refractivity contribution in [1.82, 2.24) is 0 Å². The zero-order valence-electron chi connectivity index (χ0n) is 7.49. The van der Waals surface area contributed by atoms with E-state index in [1.165, 1.54) is 0 Å². The Hall–Kier alpha value is -0.790. The van der Waals surface area contributed by atoms with Crippen LogP contribution in [0.4, 0.5) is 0 Å². The smallest absolute Gasteiger partial charge is 0.310 e. The van der Waals surface area contributed by atoms with Gasteiger partial charge in [-0.3, -0.25) is 4.79 Å². The van der Waals surface area contributed by atoms with Gasteiger partial charge in [-0.05, 0) is 17.8 Å². The number of fused-ring (bicyclic) bond motifs is 1. The minimum atomic E-state index is -0.00407. The van der Waals surface area contributed by atoms with Gasteiger partial charge in [-0.25, -0.2) is 0 Å². The third-order valence-corrected chi connectivity index (χ3v) is 3.04. The molecule has 0 amide bonds. The minimum Gasteiger partial charge on any atom is -0.465 e. The van der Waals surface area contributed by atoms with E-state index in [0.717, 1.165) is 0 Å². The molecule has 0 aromatic carbocycles. The average Bonchev–Trinajstić information content (AvgIpc) is 2.42. The molecule has 2 aliphatic rings. The molecule has 12 heavy (non-hydrogen) atoms. The van der Waals surface area contributed by atoms with Crippen molar-refractivity contribution in [1.29, 1.82) is 0 Å². The highest BCUT2D eigenvalue weighted by molar-refractivity contribution is 5.75. The summed E-state index contributed by atoms with van der Waals surface area (Å²) >= 11 is 0. The van der Waals surface area contributed by atoms with Crippen LogP contribution in [-0.2, 0) is 9.53 Å². The van der Waals surface area contributed by atoms with Crippen molar-refractivity contribution in [3.05, 3.63) is 12.2 Å². The van der Waals surface area contributed by atoms with Crippen molar-refractivity contribution in [2.45, 2.75) is 13.8 Å². The van der Waals surface area contributed by atoms with Gasteiger partial charge >= 0.3 is 5.97 Å². The molecule has 0 radical (unpaired) electrons. The lowest BCUT2D eigenvalue weighted by Crippen LogP contribution is -2.37. The average molecular weight is 166 g/mol. The molecule has 1 aliphatic heterocycles. The zero-order valence-corrected chi connectivity index (χ0v) is 7.49. The summed E-state index contributed by atoms with van der Waals surface area (Å²) in [7, 11) is 0. The summed E-state index contributed by atoms with van der Waals surface area (Å²) in [5, 5.41) is 0. The molecule has 1 aliphatic carbocycles. The Kier molecular flexibility index (Phi) is 1.71. The van der Waals surface area contributed by atoms with Crippen molar-refractivity contribution in [2.24, 2.45) is 23.7 Å². The second kappa shape index (κ2) is 2.61. The van der Waals surface area contributed by atoms with Gasteiger partial charge in [-0.1, -0.05) is 26.0 Å². The number of carbonyl (C=O) groups excluding carboxylic acids is 1. The molecule has 1 saturated heterocycles.